The first-order valence-corrected chi connectivity index (χ1v) is 11.3. The van der Waals surface area contributed by atoms with Gasteiger partial charge in [0.05, 0.1) is 7.11 Å². The Balaban J connectivity index is 1.51. The molecule has 0 radical (unpaired) electrons. The second-order valence-electron chi connectivity index (χ2n) is 8.66. The van der Waals surface area contributed by atoms with Crippen molar-refractivity contribution in [2.45, 2.75) is 37.6 Å². The van der Waals surface area contributed by atoms with Crippen molar-refractivity contribution in [3.05, 3.63) is 65.9 Å². The predicted molar refractivity (Wildman–Crippen MR) is 127 cm³/mol. The second-order valence-corrected chi connectivity index (χ2v) is 8.66. The molecule has 2 aromatic carbocycles. The van der Waals surface area contributed by atoms with E-state index in [1.807, 2.05) is 42.6 Å². The number of amides is 2. The third kappa shape index (κ3) is 5.20. The van der Waals surface area contributed by atoms with Gasteiger partial charge in [0.25, 0.3) is 0 Å². The van der Waals surface area contributed by atoms with E-state index in [0.29, 0.717) is 26.2 Å². The van der Waals surface area contributed by atoms with Gasteiger partial charge in [0.15, 0.2) is 0 Å². The zero-order chi connectivity index (χ0) is 23.3. The molecule has 1 fully saturated rings. The number of hydrogen-bond acceptors (Lipinski definition) is 4. The van der Waals surface area contributed by atoms with Crippen LogP contribution in [0.15, 0.2) is 54.7 Å². The van der Waals surface area contributed by atoms with E-state index >= 15 is 0 Å². The normalized spacial score (nSPS) is 16.2. The fourth-order valence-electron chi connectivity index (χ4n) is 4.63. The number of fused-ring (bicyclic) bond motifs is 1. The summed E-state index contributed by atoms with van der Waals surface area (Å²) in [5.41, 5.74) is 2.94. The zero-order valence-corrected chi connectivity index (χ0v) is 19.1. The van der Waals surface area contributed by atoms with Crippen LogP contribution in [0, 0.1) is 0 Å². The largest absolute Gasteiger partial charge is 0.497 e. The highest BCUT2D eigenvalue weighted by Gasteiger charge is 2.35. The maximum Gasteiger partial charge on any atom is 0.242 e. The molecule has 1 aromatic heterocycles. The van der Waals surface area contributed by atoms with Crippen molar-refractivity contribution in [2.24, 2.45) is 0 Å². The lowest BCUT2D eigenvalue weighted by molar-refractivity contribution is -0.128. The van der Waals surface area contributed by atoms with Crippen LogP contribution in [0.4, 0.5) is 0 Å². The summed E-state index contributed by atoms with van der Waals surface area (Å²) in [5, 5.41) is 7.02. The number of benzene rings is 2. The van der Waals surface area contributed by atoms with Crippen LogP contribution in [-0.4, -0.2) is 49.7 Å². The summed E-state index contributed by atoms with van der Waals surface area (Å²) in [5.74, 6) is 0.384. The Hall–Kier alpha value is -3.32. The standard InChI is InChI=1S/C26H31N3O4/c1-18(30)29-24(15-19-16-27-23-6-4-3-5-22(19)23)25(31)28-17-26(11-13-33-14-12-26)20-7-9-21(32-2)10-8-20/h3-10,16,24,27H,11-15,17H2,1-2H3,(H,28,31)(H,29,30). The number of nitrogens with one attached hydrogen (secondary N) is 3. The van der Waals surface area contributed by atoms with Crippen LogP contribution in [0.3, 0.4) is 0 Å². The molecule has 3 aromatic rings. The number of aromatic nitrogens is 1. The SMILES string of the molecule is COc1ccc(C2(CNC(=O)C(Cc3c[nH]c4ccccc34)NC(C)=O)CCOCC2)cc1. The molecule has 174 valence electrons. The Morgan fingerprint density at radius 1 is 1.12 bits per heavy atom. The third-order valence-corrected chi connectivity index (χ3v) is 6.55. The maximum absolute atomic E-state index is 13.3. The highest BCUT2D eigenvalue weighted by atomic mass is 16.5. The molecular formula is C26H31N3O4. The zero-order valence-electron chi connectivity index (χ0n) is 19.1. The van der Waals surface area contributed by atoms with Gasteiger partial charge in [-0.3, -0.25) is 9.59 Å². The van der Waals surface area contributed by atoms with Gasteiger partial charge in [-0.1, -0.05) is 30.3 Å². The molecule has 7 nitrogen and oxygen atoms in total. The van der Waals surface area contributed by atoms with Crippen molar-refractivity contribution >= 4 is 22.7 Å². The fourth-order valence-corrected chi connectivity index (χ4v) is 4.63. The molecular weight excluding hydrogens is 418 g/mol. The van der Waals surface area contributed by atoms with Gasteiger partial charge in [-0.05, 0) is 42.2 Å². The van der Waals surface area contributed by atoms with Crippen molar-refractivity contribution in [3.63, 3.8) is 0 Å². The number of carbonyl (C=O) groups is 2. The predicted octanol–water partition coefficient (Wildman–Crippen LogP) is 3.09. The average Bonchev–Trinajstić information content (AvgIpc) is 3.25. The van der Waals surface area contributed by atoms with Gasteiger partial charge in [0.2, 0.25) is 11.8 Å². The number of rotatable bonds is 8. The van der Waals surface area contributed by atoms with Gasteiger partial charge >= 0.3 is 0 Å². The molecule has 1 aliphatic rings. The van der Waals surface area contributed by atoms with E-state index in [0.717, 1.165) is 40.6 Å². The third-order valence-electron chi connectivity index (χ3n) is 6.55. The first-order chi connectivity index (χ1) is 16.0. The molecule has 33 heavy (non-hydrogen) atoms. The van der Waals surface area contributed by atoms with Crippen LogP contribution in [0.25, 0.3) is 10.9 Å². The molecule has 1 unspecified atom stereocenters. The number of aromatic amines is 1. The highest BCUT2D eigenvalue weighted by Crippen LogP contribution is 2.35. The van der Waals surface area contributed by atoms with Gasteiger partial charge in [-0.15, -0.1) is 0 Å². The van der Waals surface area contributed by atoms with Gasteiger partial charge in [0.1, 0.15) is 11.8 Å². The van der Waals surface area contributed by atoms with Gasteiger partial charge in [-0.25, -0.2) is 0 Å². The highest BCUT2D eigenvalue weighted by molar-refractivity contribution is 5.89. The quantitative estimate of drug-likeness (QED) is 0.493. The van der Waals surface area contributed by atoms with Crippen LogP contribution in [0.2, 0.25) is 0 Å². The number of H-pyrrole nitrogens is 1. The molecule has 0 bridgehead atoms. The lowest BCUT2D eigenvalue weighted by atomic mass is 9.74. The average molecular weight is 450 g/mol. The lowest BCUT2D eigenvalue weighted by Gasteiger charge is -2.38. The summed E-state index contributed by atoms with van der Waals surface area (Å²) in [6.45, 7) is 3.21. The molecule has 0 saturated carbocycles. The first-order valence-electron chi connectivity index (χ1n) is 11.3. The van der Waals surface area contributed by atoms with Crippen molar-refractivity contribution < 1.29 is 19.1 Å². The Bertz CT molecular complexity index is 1100. The topological polar surface area (TPSA) is 92.5 Å². The molecule has 1 saturated heterocycles. The van der Waals surface area contributed by atoms with Crippen LogP contribution in [-0.2, 0) is 26.2 Å². The minimum atomic E-state index is -0.658. The van der Waals surface area contributed by atoms with Crippen molar-refractivity contribution in [3.8, 4) is 5.75 Å². The Morgan fingerprint density at radius 2 is 1.85 bits per heavy atom. The van der Waals surface area contributed by atoms with E-state index in [1.54, 1.807) is 7.11 Å². The molecule has 2 heterocycles. The molecule has 1 atom stereocenters. The van der Waals surface area contributed by atoms with Crippen molar-refractivity contribution in [1.82, 2.24) is 15.6 Å². The maximum atomic E-state index is 13.3. The van der Waals surface area contributed by atoms with E-state index in [1.165, 1.54) is 6.92 Å². The number of para-hydroxylation sites is 1. The molecule has 0 aliphatic carbocycles. The number of methoxy groups -OCH3 is 1. The van der Waals surface area contributed by atoms with Crippen LogP contribution in [0.5, 0.6) is 5.75 Å². The summed E-state index contributed by atoms with van der Waals surface area (Å²) in [6, 6.07) is 15.3. The Kier molecular flexibility index (Phi) is 6.99. The second kappa shape index (κ2) is 10.1. The van der Waals surface area contributed by atoms with Crippen LogP contribution < -0.4 is 15.4 Å². The first kappa shape index (κ1) is 22.9. The fraction of sp³-hybridized carbons (Fsp3) is 0.385. The molecule has 2 amide bonds. The van der Waals surface area contributed by atoms with E-state index in [4.69, 9.17) is 9.47 Å². The summed E-state index contributed by atoms with van der Waals surface area (Å²) in [4.78, 5) is 28.4. The summed E-state index contributed by atoms with van der Waals surface area (Å²) in [7, 11) is 1.65. The van der Waals surface area contributed by atoms with E-state index in [-0.39, 0.29) is 17.2 Å². The van der Waals surface area contributed by atoms with Gasteiger partial charge in [-0.2, -0.15) is 0 Å². The van der Waals surface area contributed by atoms with Crippen LogP contribution >= 0.6 is 0 Å². The number of carbonyl (C=O) groups excluding carboxylic acids is 2. The van der Waals surface area contributed by atoms with Crippen molar-refractivity contribution in [1.29, 1.82) is 0 Å². The smallest absolute Gasteiger partial charge is 0.242 e. The number of ether oxygens (including phenoxy) is 2. The Labute approximate surface area is 193 Å². The molecule has 7 heteroatoms. The van der Waals surface area contributed by atoms with Crippen molar-refractivity contribution in [2.75, 3.05) is 26.9 Å². The molecule has 3 N–H and O–H groups in total. The van der Waals surface area contributed by atoms with Gasteiger partial charge in [0, 0.05) is 55.6 Å². The summed E-state index contributed by atoms with van der Waals surface area (Å²) < 4.78 is 10.9. The molecule has 0 spiro atoms. The van der Waals surface area contributed by atoms with Gasteiger partial charge < -0.3 is 25.1 Å². The van der Waals surface area contributed by atoms with E-state index in [9.17, 15) is 9.59 Å². The molecule has 4 rings (SSSR count). The molecule has 1 aliphatic heterocycles. The summed E-state index contributed by atoms with van der Waals surface area (Å²) >= 11 is 0. The minimum Gasteiger partial charge on any atom is -0.497 e. The minimum absolute atomic E-state index is 0.185. The Morgan fingerprint density at radius 3 is 2.55 bits per heavy atom. The van der Waals surface area contributed by atoms with E-state index < -0.39 is 6.04 Å². The summed E-state index contributed by atoms with van der Waals surface area (Å²) in [6.07, 6.45) is 3.94. The van der Waals surface area contributed by atoms with E-state index in [2.05, 4.69) is 27.8 Å². The monoisotopic (exact) mass is 449 g/mol. The lowest BCUT2D eigenvalue weighted by Crippen LogP contribution is -2.51. The number of hydrogen-bond donors (Lipinski definition) is 3. The van der Waals surface area contributed by atoms with Crippen LogP contribution in [0.1, 0.15) is 30.9 Å².